The third-order valence-electron chi connectivity index (χ3n) is 3.14. The van der Waals surface area contributed by atoms with E-state index in [-0.39, 0.29) is 0 Å². The second-order valence-electron chi connectivity index (χ2n) is 5.50. The fourth-order valence-corrected chi connectivity index (χ4v) is 2.32. The lowest BCUT2D eigenvalue weighted by molar-refractivity contribution is 0.108. The number of aromatic amines is 1. The Balaban J connectivity index is 1.71. The summed E-state index contributed by atoms with van der Waals surface area (Å²) in [7, 11) is 0. The molecule has 0 saturated heterocycles. The molecular weight excluding hydrogens is 272 g/mol. The first-order valence-electron chi connectivity index (χ1n) is 7.21. The number of hydrogen-bond donors (Lipinski definition) is 2. The van der Waals surface area contributed by atoms with Gasteiger partial charge < -0.3 is 15.0 Å². The van der Waals surface area contributed by atoms with Gasteiger partial charge >= 0.3 is 0 Å². The van der Waals surface area contributed by atoms with Gasteiger partial charge in [0, 0.05) is 41.9 Å². The van der Waals surface area contributed by atoms with Gasteiger partial charge in [-0.05, 0) is 36.6 Å². The van der Waals surface area contributed by atoms with Crippen LogP contribution in [0.2, 0.25) is 5.02 Å². The summed E-state index contributed by atoms with van der Waals surface area (Å²) in [6, 6.07) is 5.96. The molecule has 0 unspecified atom stereocenters. The van der Waals surface area contributed by atoms with E-state index in [0.717, 1.165) is 43.3 Å². The van der Waals surface area contributed by atoms with Crippen LogP contribution in [-0.2, 0) is 11.3 Å². The first kappa shape index (κ1) is 15.4. The lowest BCUT2D eigenvalue weighted by Gasteiger charge is -2.07. The molecule has 2 aromatic rings. The molecule has 0 aliphatic rings. The van der Waals surface area contributed by atoms with E-state index in [4.69, 9.17) is 16.3 Å². The summed E-state index contributed by atoms with van der Waals surface area (Å²) in [5.74, 6) is 0.612. The third kappa shape index (κ3) is 4.51. The maximum absolute atomic E-state index is 5.98. The van der Waals surface area contributed by atoms with Crippen LogP contribution in [-0.4, -0.2) is 24.7 Å². The number of halogens is 1. The Morgan fingerprint density at radius 2 is 2.20 bits per heavy atom. The van der Waals surface area contributed by atoms with Crippen molar-refractivity contribution in [3.8, 4) is 0 Å². The molecule has 0 fully saturated rings. The first-order valence-corrected chi connectivity index (χ1v) is 7.58. The van der Waals surface area contributed by atoms with Gasteiger partial charge in [0.15, 0.2) is 0 Å². The van der Waals surface area contributed by atoms with Crippen molar-refractivity contribution in [3.63, 3.8) is 0 Å². The van der Waals surface area contributed by atoms with Gasteiger partial charge in [-0.2, -0.15) is 0 Å². The van der Waals surface area contributed by atoms with Gasteiger partial charge in [0.25, 0.3) is 0 Å². The summed E-state index contributed by atoms with van der Waals surface area (Å²) in [5.41, 5.74) is 2.37. The molecule has 1 aromatic heterocycles. The molecule has 0 radical (unpaired) electrons. The van der Waals surface area contributed by atoms with Gasteiger partial charge in [0.05, 0.1) is 0 Å². The number of ether oxygens (including phenoxy) is 1. The van der Waals surface area contributed by atoms with Crippen molar-refractivity contribution in [2.75, 3.05) is 19.8 Å². The maximum atomic E-state index is 5.98. The highest BCUT2D eigenvalue weighted by atomic mass is 35.5. The van der Waals surface area contributed by atoms with Crippen LogP contribution in [0, 0.1) is 5.92 Å². The predicted molar refractivity (Wildman–Crippen MR) is 85.3 cm³/mol. The Labute approximate surface area is 125 Å². The van der Waals surface area contributed by atoms with Crippen LogP contribution < -0.4 is 5.32 Å². The minimum Gasteiger partial charge on any atom is -0.381 e. The van der Waals surface area contributed by atoms with Gasteiger partial charge in [-0.3, -0.25) is 0 Å². The Bertz CT molecular complexity index is 536. The average Bonchev–Trinajstić information content (AvgIpc) is 2.79. The monoisotopic (exact) mass is 294 g/mol. The molecule has 0 atom stereocenters. The highest BCUT2D eigenvalue weighted by Crippen LogP contribution is 2.21. The van der Waals surface area contributed by atoms with Crippen molar-refractivity contribution in [1.82, 2.24) is 10.3 Å². The number of aromatic nitrogens is 1. The van der Waals surface area contributed by atoms with Crippen LogP contribution in [0.25, 0.3) is 10.9 Å². The lowest BCUT2D eigenvalue weighted by Crippen LogP contribution is -2.16. The summed E-state index contributed by atoms with van der Waals surface area (Å²) in [4.78, 5) is 3.25. The zero-order valence-electron chi connectivity index (χ0n) is 12.2. The molecule has 1 heterocycles. The van der Waals surface area contributed by atoms with Crippen LogP contribution in [0.1, 0.15) is 25.8 Å². The van der Waals surface area contributed by atoms with E-state index in [2.05, 4.69) is 30.2 Å². The van der Waals surface area contributed by atoms with Gasteiger partial charge in [0.1, 0.15) is 0 Å². The van der Waals surface area contributed by atoms with Crippen LogP contribution in [0.4, 0.5) is 0 Å². The van der Waals surface area contributed by atoms with Crippen molar-refractivity contribution >= 4 is 22.5 Å². The van der Waals surface area contributed by atoms with Gasteiger partial charge in [0.2, 0.25) is 0 Å². The molecule has 20 heavy (non-hydrogen) atoms. The van der Waals surface area contributed by atoms with Crippen molar-refractivity contribution in [2.45, 2.75) is 26.8 Å². The Morgan fingerprint density at radius 1 is 1.35 bits per heavy atom. The molecule has 3 nitrogen and oxygen atoms in total. The second kappa shape index (κ2) is 7.67. The highest BCUT2D eigenvalue weighted by molar-refractivity contribution is 6.31. The molecule has 0 saturated carbocycles. The van der Waals surface area contributed by atoms with E-state index in [1.807, 2.05) is 18.3 Å². The largest absolute Gasteiger partial charge is 0.381 e. The SMILES string of the molecule is CC(C)COCCCNCc1c[nH]c2cc(Cl)ccc12. The van der Waals surface area contributed by atoms with Crippen molar-refractivity contribution in [3.05, 3.63) is 35.0 Å². The average molecular weight is 295 g/mol. The zero-order chi connectivity index (χ0) is 14.4. The number of fused-ring (bicyclic) bond motifs is 1. The van der Waals surface area contributed by atoms with Crippen LogP contribution in [0.3, 0.4) is 0 Å². The van der Waals surface area contributed by atoms with Gasteiger partial charge in [-0.15, -0.1) is 0 Å². The lowest BCUT2D eigenvalue weighted by atomic mass is 10.2. The standard InChI is InChI=1S/C16H23ClN2O/c1-12(2)11-20-7-3-6-18-9-13-10-19-16-8-14(17)4-5-15(13)16/h4-5,8,10,12,18-19H,3,6-7,9,11H2,1-2H3. The molecule has 4 heteroatoms. The molecular formula is C16H23ClN2O. The smallest absolute Gasteiger partial charge is 0.0489 e. The summed E-state index contributed by atoms with van der Waals surface area (Å²) in [6.07, 6.45) is 3.09. The quantitative estimate of drug-likeness (QED) is 0.723. The molecule has 1 aromatic carbocycles. The first-order chi connectivity index (χ1) is 9.66. The molecule has 0 aliphatic carbocycles. The molecule has 0 bridgehead atoms. The van der Waals surface area contributed by atoms with E-state index in [0.29, 0.717) is 5.92 Å². The summed E-state index contributed by atoms with van der Waals surface area (Å²) in [6.45, 7) is 7.85. The van der Waals surface area contributed by atoms with E-state index in [1.165, 1.54) is 10.9 Å². The normalized spacial score (nSPS) is 11.6. The molecule has 0 spiro atoms. The summed E-state index contributed by atoms with van der Waals surface area (Å²) in [5, 5.41) is 5.45. The van der Waals surface area contributed by atoms with Crippen LogP contribution >= 0.6 is 11.6 Å². The predicted octanol–water partition coefficient (Wildman–Crippen LogP) is 3.97. The van der Waals surface area contributed by atoms with Crippen LogP contribution in [0.5, 0.6) is 0 Å². The molecule has 2 N–H and O–H groups in total. The fraction of sp³-hybridized carbons (Fsp3) is 0.500. The van der Waals surface area contributed by atoms with Crippen LogP contribution in [0.15, 0.2) is 24.4 Å². The highest BCUT2D eigenvalue weighted by Gasteiger charge is 2.03. The number of benzene rings is 1. The number of nitrogens with one attached hydrogen (secondary N) is 2. The summed E-state index contributed by atoms with van der Waals surface area (Å²) >= 11 is 5.98. The van der Waals surface area contributed by atoms with Gasteiger partial charge in [-0.1, -0.05) is 31.5 Å². The topological polar surface area (TPSA) is 37.0 Å². The molecule has 0 amide bonds. The Hall–Kier alpha value is -1.03. The van der Waals surface area contributed by atoms with Crippen molar-refractivity contribution in [2.24, 2.45) is 5.92 Å². The van der Waals surface area contributed by atoms with Crippen molar-refractivity contribution < 1.29 is 4.74 Å². The minimum atomic E-state index is 0.612. The van der Waals surface area contributed by atoms with E-state index in [9.17, 15) is 0 Å². The van der Waals surface area contributed by atoms with E-state index < -0.39 is 0 Å². The van der Waals surface area contributed by atoms with E-state index >= 15 is 0 Å². The number of hydrogen-bond acceptors (Lipinski definition) is 2. The maximum Gasteiger partial charge on any atom is 0.0489 e. The Morgan fingerprint density at radius 3 is 3.00 bits per heavy atom. The molecule has 0 aliphatic heterocycles. The second-order valence-corrected chi connectivity index (χ2v) is 5.94. The van der Waals surface area contributed by atoms with E-state index in [1.54, 1.807) is 0 Å². The van der Waals surface area contributed by atoms with Gasteiger partial charge in [-0.25, -0.2) is 0 Å². The molecule has 110 valence electrons. The summed E-state index contributed by atoms with van der Waals surface area (Å²) < 4.78 is 5.55. The minimum absolute atomic E-state index is 0.612. The number of rotatable bonds is 8. The zero-order valence-corrected chi connectivity index (χ0v) is 13.0. The fourth-order valence-electron chi connectivity index (χ4n) is 2.15. The third-order valence-corrected chi connectivity index (χ3v) is 3.37. The number of H-pyrrole nitrogens is 1. The molecule has 2 rings (SSSR count). The Kier molecular flexibility index (Phi) is 5.89. The van der Waals surface area contributed by atoms with Crippen molar-refractivity contribution in [1.29, 1.82) is 0 Å².